The molecule has 0 atom stereocenters. The van der Waals surface area contributed by atoms with Gasteiger partial charge in [0.15, 0.2) is 5.75 Å². The van der Waals surface area contributed by atoms with Gasteiger partial charge in [0.05, 0.1) is 15.7 Å². The van der Waals surface area contributed by atoms with Crippen molar-refractivity contribution < 1.29 is 4.74 Å². The summed E-state index contributed by atoms with van der Waals surface area (Å²) in [7, 11) is 0. The van der Waals surface area contributed by atoms with Gasteiger partial charge in [-0.3, -0.25) is 9.78 Å². The van der Waals surface area contributed by atoms with Crippen LogP contribution in [0.1, 0.15) is 24.6 Å². The summed E-state index contributed by atoms with van der Waals surface area (Å²) in [5.41, 5.74) is 0.198. The topological polar surface area (TPSA) is 117 Å². The Kier molecular flexibility index (Phi) is 5.55. The number of aromatic nitrogens is 4. The Bertz CT molecular complexity index is 1440. The number of fused-ring (bicyclic) bond motifs is 1. The molecule has 0 aliphatic carbocycles. The highest BCUT2D eigenvalue weighted by atomic mass is 35.5. The SMILES string of the molecule is CCCc1c[nH]c2ccc(Oc3c(Cl)cc(-n4nc(C#N)c(=O)[nH]c4=O)cc3Cl)cc12. The van der Waals surface area contributed by atoms with Crippen molar-refractivity contribution in [2.24, 2.45) is 0 Å². The molecule has 0 radical (unpaired) electrons. The number of ether oxygens (including phenoxy) is 1. The molecule has 31 heavy (non-hydrogen) atoms. The number of H-pyrrole nitrogens is 2. The number of rotatable bonds is 5. The Labute approximate surface area is 185 Å². The van der Waals surface area contributed by atoms with Crippen molar-refractivity contribution in [1.82, 2.24) is 19.7 Å². The first-order chi connectivity index (χ1) is 14.9. The summed E-state index contributed by atoms with van der Waals surface area (Å²) in [6.07, 6.45) is 3.94. The number of benzene rings is 2. The van der Waals surface area contributed by atoms with Gasteiger partial charge in [-0.25, -0.2) is 4.79 Å². The zero-order valence-corrected chi connectivity index (χ0v) is 17.7. The maximum atomic E-state index is 12.1. The normalized spacial score (nSPS) is 10.9. The third kappa shape index (κ3) is 3.93. The van der Waals surface area contributed by atoms with Gasteiger partial charge in [0.1, 0.15) is 11.8 Å². The van der Waals surface area contributed by atoms with E-state index in [4.69, 9.17) is 33.2 Å². The third-order valence-electron chi connectivity index (χ3n) is 4.64. The molecule has 156 valence electrons. The first-order valence-electron chi connectivity index (χ1n) is 9.32. The molecule has 0 amide bonds. The Morgan fingerprint density at radius 2 is 1.94 bits per heavy atom. The highest BCUT2D eigenvalue weighted by Gasteiger charge is 2.15. The lowest BCUT2D eigenvalue weighted by Crippen LogP contribution is -2.33. The van der Waals surface area contributed by atoms with Gasteiger partial charge in [0.25, 0.3) is 5.56 Å². The number of aryl methyl sites for hydroxylation is 1. The molecule has 0 aliphatic heterocycles. The summed E-state index contributed by atoms with van der Waals surface area (Å²) in [6, 6.07) is 10.1. The molecule has 2 aromatic heterocycles. The van der Waals surface area contributed by atoms with Crippen LogP contribution in [0.25, 0.3) is 16.6 Å². The number of hydrogen-bond donors (Lipinski definition) is 2. The monoisotopic (exact) mass is 455 g/mol. The summed E-state index contributed by atoms with van der Waals surface area (Å²) in [4.78, 5) is 28.9. The lowest BCUT2D eigenvalue weighted by atomic mass is 10.1. The number of halogens is 2. The van der Waals surface area contributed by atoms with Crippen molar-refractivity contribution in [1.29, 1.82) is 5.26 Å². The fraction of sp³-hybridized carbons (Fsp3) is 0.143. The Morgan fingerprint density at radius 3 is 2.61 bits per heavy atom. The van der Waals surface area contributed by atoms with Gasteiger partial charge in [-0.05, 0) is 42.3 Å². The number of aromatic amines is 2. The molecule has 4 rings (SSSR count). The molecule has 0 spiro atoms. The lowest BCUT2D eigenvalue weighted by molar-refractivity contribution is 0.483. The lowest BCUT2D eigenvalue weighted by Gasteiger charge is -2.12. The number of hydrogen-bond acceptors (Lipinski definition) is 5. The fourth-order valence-electron chi connectivity index (χ4n) is 3.23. The minimum atomic E-state index is -0.872. The molecule has 2 aromatic carbocycles. The van der Waals surface area contributed by atoms with Gasteiger partial charge in [-0.2, -0.15) is 9.94 Å². The summed E-state index contributed by atoms with van der Waals surface area (Å²) in [6.45, 7) is 2.11. The minimum Gasteiger partial charge on any atom is -0.454 e. The van der Waals surface area contributed by atoms with Gasteiger partial charge in [0.2, 0.25) is 5.69 Å². The Hall–Kier alpha value is -3.54. The van der Waals surface area contributed by atoms with E-state index in [9.17, 15) is 9.59 Å². The molecule has 2 heterocycles. The van der Waals surface area contributed by atoms with Crippen molar-refractivity contribution in [2.45, 2.75) is 19.8 Å². The van der Waals surface area contributed by atoms with Gasteiger partial charge >= 0.3 is 5.69 Å². The molecule has 8 nitrogen and oxygen atoms in total. The fourth-order valence-corrected chi connectivity index (χ4v) is 3.78. The molecule has 0 aliphatic rings. The van der Waals surface area contributed by atoms with Crippen LogP contribution in [0, 0.1) is 11.3 Å². The van der Waals surface area contributed by atoms with Crippen LogP contribution in [0.3, 0.4) is 0 Å². The van der Waals surface area contributed by atoms with E-state index in [1.54, 1.807) is 12.1 Å². The van der Waals surface area contributed by atoms with Crippen molar-refractivity contribution in [3.63, 3.8) is 0 Å². The van der Waals surface area contributed by atoms with E-state index < -0.39 is 16.9 Å². The maximum Gasteiger partial charge on any atom is 0.349 e. The summed E-state index contributed by atoms with van der Waals surface area (Å²) in [5.74, 6) is 0.754. The van der Waals surface area contributed by atoms with Crippen molar-refractivity contribution >= 4 is 34.1 Å². The number of nitrogens with one attached hydrogen (secondary N) is 2. The molecule has 0 saturated heterocycles. The summed E-state index contributed by atoms with van der Waals surface area (Å²) < 4.78 is 6.78. The average Bonchev–Trinajstić information content (AvgIpc) is 3.13. The zero-order chi connectivity index (χ0) is 22.1. The van der Waals surface area contributed by atoms with Crippen LogP contribution in [0.15, 0.2) is 46.1 Å². The van der Waals surface area contributed by atoms with E-state index in [1.165, 1.54) is 17.7 Å². The van der Waals surface area contributed by atoms with Crippen molar-refractivity contribution in [2.75, 3.05) is 0 Å². The Morgan fingerprint density at radius 1 is 1.19 bits per heavy atom. The van der Waals surface area contributed by atoms with Gasteiger partial charge in [0, 0.05) is 17.1 Å². The Balaban J connectivity index is 1.73. The standard InChI is InChI=1S/C21H15Cl2N5O3/c1-2-3-11-10-25-17-5-4-13(8-14(11)17)31-19-15(22)6-12(7-16(19)23)28-21(30)26-20(29)18(9-24)27-28/h4-8,10,25H,2-3H2,1H3,(H,26,29,30). The molecule has 0 saturated carbocycles. The highest BCUT2D eigenvalue weighted by molar-refractivity contribution is 6.37. The molecule has 2 N–H and O–H groups in total. The van der Waals surface area contributed by atoms with E-state index in [2.05, 4.69) is 17.0 Å². The number of nitriles is 1. The second kappa shape index (κ2) is 8.30. The molecule has 4 aromatic rings. The average molecular weight is 456 g/mol. The van der Waals surface area contributed by atoms with Gasteiger partial charge < -0.3 is 9.72 Å². The summed E-state index contributed by atoms with van der Waals surface area (Å²) >= 11 is 12.7. The third-order valence-corrected chi connectivity index (χ3v) is 5.20. The van der Waals surface area contributed by atoms with Crippen LogP contribution in [0.5, 0.6) is 11.5 Å². The molecule has 10 heteroatoms. The second-order valence-corrected chi connectivity index (χ2v) is 7.56. The van der Waals surface area contributed by atoms with Crippen molar-refractivity contribution in [3.05, 3.63) is 78.7 Å². The van der Waals surface area contributed by atoms with Crippen LogP contribution < -0.4 is 16.0 Å². The van der Waals surface area contributed by atoms with Crippen LogP contribution in [-0.4, -0.2) is 19.7 Å². The van der Waals surface area contributed by atoms with Crippen LogP contribution in [-0.2, 0) is 6.42 Å². The predicted octanol–water partition coefficient (Wildman–Crippen LogP) is 4.33. The zero-order valence-electron chi connectivity index (χ0n) is 16.2. The quantitative estimate of drug-likeness (QED) is 0.464. The van der Waals surface area contributed by atoms with E-state index in [1.807, 2.05) is 23.3 Å². The summed E-state index contributed by atoms with van der Waals surface area (Å²) in [5, 5.41) is 14.0. The van der Waals surface area contributed by atoms with E-state index in [0.29, 0.717) is 5.75 Å². The van der Waals surface area contributed by atoms with Crippen molar-refractivity contribution in [3.8, 4) is 23.3 Å². The first kappa shape index (κ1) is 20.7. The van der Waals surface area contributed by atoms with Gasteiger partial charge in [-0.15, -0.1) is 5.10 Å². The largest absolute Gasteiger partial charge is 0.454 e. The second-order valence-electron chi connectivity index (χ2n) is 6.74. The smallest absolute Gasteiger partial charge is 0.349 e. The van der Waals surface area contributed by atoms with E-state index in [-0.39, 0.29) is 21.5 Å². The van der Waals surface area contributed by atoms with Crippen LogP contribution in [0.4, 0.5) is 0 Å². The predicted molar refractivity (Wildman–Crippen MR) is 118 cm³/mol. The van der Waals surface area contributed by atoms with Crippen LogP contribution >= 0.6 is 23.2 Å². The highest BCUT2D eigenvalue weighted by Crippen LogP contribution is 2.39. The molecule has 0 bridgehead atoms. The molecular weight excluding hydrogens is 441 g/mol. The van der Waals surface area contributed by atoms with E-state index >= 15 is 0 Å². The van der Waals surface area contributed by atoms with E-state index in [0.717, 1.165) is 28.4 Å². The molecule has 0 fully saturated rings. The minimum absolute atomic E-state index is 0.129. The first-order valence-corrected chi connectivity index (χ1v) is 10.1. The maximum absolute atomic E-state index is 12.1. The molecular formula is C21H15Cl2N5O3. The molecule has 0 unspecified atom stereocenters. The van der Waals surface area contributed by atoms with Crippen LogP contribution in [0.2, 0.25) is 10.0 Å². The number of nitrogens with zero attached hydrogens (tertiary/aromatic N) is 3. The van der Waals surface area contributed by atoms with Gasteiger partial charge in [-0.1, -0.05) is 36.5 Å².